The average molecular weight is 270 g/mol. The number of aromatic hydroxyl groups is 1. The largest absolute Gasteiger partial charge is 0.508 e. The molecule has 0 bridgehead atoms. The summed E-state index contributed by atoms with van der Waals surface area (Å²) in [6.07, 6.45) is 0.0150. The molecule has 0 radical (unpaired) electrons. The van der Waals surface area contributed by atoms with Crippen molar-refractivity contribution < 1.29 is 14.6 Å². The summed E-state index contributed by atoms with van der Waals surface area (Å²) in [5.74, 6) is -0.129. The van der Waals surface area contributed by atoms with Crippen LogP contribution in [0.15, 0.2) is 18.2 Å². The van der Waals surface area contributed by atoms with Crippen LogP contribution in [0, 0.1) is 0 Å². The molecular formula is C13H16ClNO3. The van der Waals surface area contributed by atoms with Crippen LogP contribution in [0.2, 0.25) is 5.02 Å². The number of halogens is 1. The van der Waals surface area contributed by atoms with Gasteiger partial charge in [0.1, 0.15) is 5.75 Å². The van der Waals surface area contributed by atoms with Crippen LogP contribution in [0.5, 0.6) is 5.75 Å². The number of nitrogens with zero attached hydrogens (tertiary/aromatic N) is 1. The number of amides is 1. The highest BCUT2D eigenvalue weighted by molar-refractivity contribution is 6.33. The molecule has 1 aromatic rings. The second-order valence-electron chi connectivity index (χ2n) is 4.61. The van der Waals surface area contributed by atoms with Crippen molar-refractivity contribution in [3.8, 4) is 5.75 Å². The minimum atomic E-state index is -0.168. The lowest BCUT2D eigenvalue weighted by Crippen LogP contribution is -2.50. The van der Waals surface area contributed by atoms with Gasteiger partial charge in [0.15, 0.2) is 0 Å². The van der Waals surface area contributed by atoms with Crippen LogP contribution in [0.25, 0.3) is 0 Å². The van der Waals surface area contributed by atoms with Gasteiger partial charge in [-0.25, -0.2) is 0 Å². The smallest absolute Gasteiger partial charge is 0.255 e. The Morgan fingerprint density at radius 2 is 2.22 bits per heavy atom. The highest BCUT2D eigenvalue weighted by atomic mass is 35.5. The van der Waals surface area contributed by atoms with Crippen LogP contribution >= 0.6 is 11.6 Å². The van der Waals surface area contributed by atoms with Crippen molar-refractivity contribution in [1.29, 1.82) is 0 Å². The predicted molar refractivity (Wildman–Crippen MR) is 69.0 cm³/mol. The van der Waals surface area contributed by atoms with Gasteiger partial charge < -0.3 is 14.7 Å². The Morgan fingerprint density at radius 3 is 2.94 bits per heavy atom. The van der Waals surface area contributed by atoms with Crippen LogP contribution < -0.4 is 0 Å². The topological polar surface area (TPSA) is 49.8 Å². The fourth-order valence-corrected chi connectivity index (χ4v) is 2.22. The molecule has 0 aliphatic carbocycles. The standard InChI is InChI=1S/C13H16ClNO3/c1-8-7-18-9(2)6-15(8)13(17)11-5-10(16)3-4-12(11)14/h3-5,8-9,16H,6-7H2,1-2H3. The van der Waals surface area contributed by atoms with Gasteiger partial charge in [-0.15, -0.1) is 0 Å². The lowest BCUT2D eigenvalue weighted by Gasteiger charge is -2.37. The Balaban J connectivity index is 2.27. The van der Waals surface area contributed by atoms with Gasteiger partial charge in [0.2, 0.25) is 0 Å². The zero-order valence-electron chi connectivity index (χ0n) is 10.4. The lowest BCUT2D eigenvalue weighted by molar-refractivity contribution is -0.0387. The van der Waals surface area contributed by atoms with Crippen LogP contribution in [0.4, 0.5) is 0 Å². The second kappa shape index (κ2) is 5.16. The molecule has 1 aliphatic heterocycles. The number of benzene rings is 1. The first kappa shape index (κ1) is 13.2. The summed E-state index contributed by atoms with van der Waals surface area (Å²) in [5.41, 5.74) is 0.331. The highest BCUT2D eigenvalue weighted by Crippen LogP contribution is 2.24. The number of phenols is 1. The van der Waals surface area contributed by atoms with Crippen molar-refractivity contribution in [1.82, 2.24) is 4.90 Å². The van der Waals surface area contributed by atoms with E-state index < -0.39 is 0 Å². The van der Waals surface area contributed by atoms with E-state index >= 15 is 0 Å². The van der Waals surface area contributed by atoms with Gasteiger partial charge in [0.25, 0.3) is 5.91 Å². The maximum atomic E-state index is 12.4. The van der Waals surface area contributed by atoms with E-state index in [0.29, 0.717) is 23.7 Å². The Labute approximate surface area is 111 Å². The summed E-state index contributed by atoms with van der Waals surface area (Å²) in [6.45, 7) is 4.91. The lowest BCUT2D eigenvalue weighted by atomic mass is 10.1. The number of hydrogen-bond acceptors (Lipinski definition) is 3. The molecule has 2 unspecified atom stereocenters. The van der Waals surface area contributed by atoms with Gasteiger partial charge in [-0.3, -0.25) is 4.79 Å². The van der Waals surface area contributed by atoms with Gasteiger partial charge >= 0.3 is 0 Å². The normalized spacial score (nSPS) is 24.1. The van der Waals surface area contributed by atoms with Crippen molar-refractivity contribution in [3.05, 3.63) is 28.8 Å². The van der Waals surface area contributed by atoms with Gasteiger partial charge in [-0.1, -0.05) is 11.6 Å². The number of morpholine rings is 1. The number of hydrogen-bond donors (Lipinski definition) is 1. The second-order valence-corrected chi connectivity index (χ2v) is 5.02. The number of ether oxygens (including phenoxy) is 1. The van der Waals surface area contributed by atoms with Crippen LogP contribution in [-0.2, 0) is 4.74 Å². The first-order chi connectivity index (χ1) is 8.49. The molecular weight excluding hydrogens is 254 g/mol. The maximum absolute atomic E-state index is 12.4. The monoisotopic (exact) mass is 269 g/mol. The van der Waals surface area contributed by atoms with Crippen LogP contribution in [0.3, 0.4) is 0 Å². The van der Waals surface area contributed by atoms with Crippen molar-refractivity contribution in [2.75, 3.05) is 13.2 Å². The first-order valence-electron chi connectivity index (χ1n) is 5.90. The first-order valence-corrected chi connectivity index (χ1v) is 6.28. The molecule has 5 heteroatoms. The average Bonchev–Trinajstić information content (AvgIpc) is 2.34. The van der Waals surface area contributed by atoms with E-state index in [4.69, 9.17) is 16.3 Å². The summed E-state index contributed by atoms with van der Waals surface area (Å²) >= 11 is 6.00. The fourth-order valence-electron chi connectivity index (χ4n) is 2.02. The molecule has 2 rings (SSSR count). The molecule has 0 spiro atoms. The number of carbonyl (C=O) groups is 1. The van der Waals surface area contributed by atoms with E-state index in [-0.39, 0.29) is 23.8 Å². The Bertz CT molecular complexity index is 464. The molecule has 4 nitrogen and oxygen atoms in total. The molecule has 0 aromatic heterocycles. The van der Waals surface area contributed by atoms with E-state index in [2.05, 4.69) is 0 Å². The fraction of sp³-hybridized carbons (Fsp3) is 0.462. The summed E-state index contributed by atoms with van der Waals surface area (Å²) in [4.78, 5) is 14.1. The highest BCUT2D eigenvalue weighted by Gasteiger charge is 2.29. The molecule has 18 heavy (non-hydrogen) atoms. The van der Waals surface area contributed by atoms with E-state index in [0.717, 1.165) is 0 Å². The zero-order valence-corrected chi connectivity index (χ0v) is 11.1. The summed E-state index contributed by atoms with van der Waals surface area (Å²) in [7, 11) is 0. The van der Waals surface area contributed by atoms with E-state index in [1.165, 1.54) is 18.2 Å². The predicted octanol–water partition coefficient (Wildman–Crippen LogP) is 2.29. The Hall–Kier alpha value is -1.26. The van der Waals surface area contributed by atoms with E-state index in [9.17, 15) is 9.90 Å². The number of carbonyl (C=O) groups excluding carboxylic acids is 1. The van der Waals surface area contributed by atoms with Crippen molar-refractivity contribution >= 4 is 17.5 Å². The van der Waals surface area contributed by atoms with Crippen LogP contribution in [0.1, 0.15) is 24.2 Å². The summed E-state index contributed by atoms with van der Waals surface area (Å²) < 4.78 is 5.48. The minimum absolute atomic E-state index is 0.00659. The maximum Gasteiger partial charge on any atom is 0.255 e. The van der Waals surface area contributed by atoms with Gasteiger partial charge in [0.05, 0.1) is 29.3 Å². The molecule has 1 fully saturated rings. The third-order valence-electron chi connectivity index (χ3n) is 3.05. The quantitative estimate of drug-likeness (QED) is 0.851. The SMILES string of the molecule is CC1CN(C(=O)c2cc(O)ccc2Cl)C(C)CO1. The molecule has 1 aromatic carbocycles. The molecule has 1 N–H and O–H groups in total. The number of rotatable bonds is 1. The Morgan fingerprint density at radius 1 is 1.50 bits per heavy atom. The molecule has 1 heterocycles. The third kappa shape index (κ3) is 2.60. The minimum Gasteiger partial charge on any atom is -0.508 e. The van der Waals surface area contributed by atoms with E-state index in [1.54, 1.807) is 4.90 Å². The number of phenolic OH excluding ortho intramolecular Hbond substituents is 1. The van der Waals surface area contributed by atoms with Crippen LogP contribution in [-0.4, -0.2) is 41.2 Å². The molecule has 1 amide bonds. The van der Waals surface area contributed by atoms with Crippen molar-refractivity contribution in [3.63, 3.8) is 0 Å². The van der Waals surface area contributed by atoms with Crippen molar-refractivity contribution in [2.45, 2.75) is 26.0 Å². The third-order valence-corrected chi connectivity index (χ3v) is 3.38. The molecule has 2 atom stereocenters. The molecule has 0 saturated carbocycles. The van der Waals surface area contributed by atoms with Gasteiger partial charge in [-0.2, -0.15) is 0 Å². The summed E-state index contributed by atoms with van der Waals surface area (Å²) in [5, 5.41) is 9.80. The molecule has 1 aliphatic rings. The van der Waals surface area contributed by atoms with Gasteiger partial charge in [0, 0.05) is 6.54 Å². The molecule has 1 saturated heterocycles. The Kier molecular flexibility index (Phi) is 3.78. The van der Waals surface area contributed by atoms with Crippen molar-refractivity contribution in [2.24, 2.45) is 0 Å². The van der Waals surface area contributed by atoms with E-state index in [1.807, 2.05) is 13.8 Å². The summed E-state index contributed by atoms with van der Waals surface area (Å²) in [6, 6.07) is 4.40. The zero-order chi connectivity index (χ0) is 13.3. The molecule has 98 valence electrons. The van der Waals surface area contributed by atoms with Gasteiger partial charge in [-0.05, 0) is 32.0 Å².